The third kappa shape index (κ3) is 3.57. The lowest BCUT2D eigenvalue weighted by molar-refractivity contribution is 0.0734. The molecule has 4 nitrogen and oxygen atoms in total. The third-order valence-electron chi connectivity index (χ3n) is 5.82. The highest BCUT2D eigenvalue weighted by Crippen LogP contribution is 2.33. The second-order valence-electron chi connectivity index (χ2n) is 7.79. The van der Waals surface area contributed by atoms with Crippen molar-refractivity contribution in [2.75, 3.05) is 6.54 Å². The molecule has 2 aromatic carbocycles. The van der Waals surface area contributed by atoms with Gasteiger partial charge in [0.2, 0.25) is 0 Å². The lowest BCUT2D eigenvalue weighted by atomic mass is 10.0. The molecule has 1 atom stereocenters. The number of likely N-dealkylation sites (tertiary alicyclic amines) is 1. The smallest absolute Gasteiger partial charge is 0.256 e. The van der Waals surface area contributed by atoms with Crippen molar-refractivity contribution in [2.24, 2.45) is 0 Å². The average Bonchev–Trinajstić information content (AvgIpc) is 3.29. The Kier molecular flexibility index (Phi) is 4.98. The maximum atomic E-state index is 13.4. The molecule has 148 valence electrons. The fraction of sp³-hybridized carbons (Fsp3) is 0.192. The number of amides is 1. The Morgan fingerprint density at radius 3 is 2.60 bits per heavy atom. The van der Waals surface area contributed by atoms with Crippen LogP contribution in [0.5, 0.6) is 0 Å². The summed E-state index contributed by atoms with van der Waals surface area (Å²) < 4.78 is 0. The van der Waals surface area contributed by atoms with Crippen molar-refractivity contribution in [1.29, 1.82) is 0 Å². The molecule has 0 unspecified atom stereocenters. The molecule has 3 heterocycles. The SMILES string of the molecule is O=C(c1cccc2cccnc12)N1CCC[C@@H]1c1ccc(Cc2ccccc2)cn1. The lowest BCUT2D eigenvalue weighted by Gasteiger charge is -2.25. The summed E-state index contributed by atoms with van der Waals surface area (Å²) >= 11 is 0. The van der Waals surface area contributed by atoms with Crippen molar-refractivity contribution >= 4 is 16.8 Å². The Morgan fingerprint density at radius 1 is 0.900 bits per heavy atom. The molecular formula is C26H23N3O. The van der Waals surface area contributed by atoms with Crippen LogP contribution in [0.1, 0.15) is 46.1 Å². The van der Waals surface area contributed by atoms with Crippen LogP contribution >= 0.6 is 0 Å². The Balaban J connectivity index is 1.39. The summed E-state index contributed by atoms with van der Waals surface area (Å²) in [5.74, 6) is 0.0389. The fourth-order valence-electron chi connectivity index (χ4n) is 4.32. The molecule has 0 aliphatic carbocycles. The Morgan fingerprint density at radius 2 is 1.77 bits per heavy atom. The van der Waals surface area contributed by atoms with Gasteiger partial charge in [-0.25, -0.2) is 0 Å². The molecule has 0 spiro atoms. The molecule has 30 heavy (non-hydrogen) atoms. The highest BCUT2D eigenvalue weighted by Gasteiger charge is 2.32. The number of carbonyl (C=O) groups is 1. The summed E-state index contributed by atoms with van der Waals surface area (Å²) in [5.41, 5.74) is 4.85. The van der Waals surface area contributed by atoms with Gasteiger partial charge in [0.15, 0.2) is 0 Å². The van der Waals surface area contributed by atoms with Crippen molar-refractivity contribution < 1.29 is 4.79 Å². The number of rotatable bonds is 4. The predicted molar refractivity (Wildman–Crippen MR) is 118 cm³/mol. The van der Waals surface area contributed by atoms with Crippen LogP contribution in [-0.4, -0.2) is 27.3 Å². The normalized spacial score (nSPS) is 16.1. The van der Waals surface area contributed by atoms with Gasteiger partial charge in [0.1, 0.15) is 0 Å². The van der Waals surface area contributed by atoms with Crippen LogP contribution in [0, 0.1) is 0 Å². The maximum absolute atomic E-state index is 13.4. The molecule has 5 rings (SSSR count). The zero-order valence-corrected chi connectivity index (χ0v) is 16.7. The number of nitrogens with zero attached hydrogens (tertiary/aromatic N) is 3. The molecule has 0 bridgehead atoms. The Labute approximate surface area is 176 Å². The van der Waals surface area contributed by atoms with E-state index in [-0.39, 0.29) is 11.9 Å². The summed E-state index contributed by atoms with van der Waals surface area (Å²) in [6.07, 6.45) is 6.48. The first-order valence-electron chi connectivity index (χ1n) is 10.4. The van der Waals surface area contributed by atoms with Gasteiger partial charge >= 0.3 is 0 Å². The van der Waals surface area contributed by atoms with Crippen LogP contribution < -0.4 is 0 Å². The molecule has 0 radical (unpaired) electrons. The van der Waals surface area contributed by atoms with Crippen LogP contribution in [0.2, 0.25) is 0 Å². The van der Waals surface area contributed by atoms with E-state index in [1.807, 2.05) is 47.5 Å². The van der Waals surface area contributed by atoms with Gasteiger partial charge in [-0.2, -0.15) is 0 Å². The first kappa shape index (κ1) is 18.5. The van der Waals surface area contributed by atoms with E-state index < -0.39 is 0 Å². The van der Waals surface area contributed by atoms with Gasteiger partial charge in [0.05, 0.1) is 22.8 Å². The number of benzene rings is 2. The molecule has 0 saturated carbocycles. The first-order valence-corrected chi connectivity index (χ1v) is 10.4. The van der Waals surface area contributed by atoms with E-state index in [9.17, 15) is 4.79 Å². The summed E-state index contributed by atoms with van der Waals surface area (Å²) in [6.45, 7) is 0.750. The highest BCUT2D eigenvalue weighted by atomic mass is 16.2. The van der Waals surface area contributed by atoms with Crippen molar-refractivity contribution in [3.8, 4) is 0 Å². The van der Waals surface area contributed by atoms with Gasteiger partial charge < -0.3 is 4.90 Å². The zero-order chi connectivity index (χ0) is 20.3. The number of aromatic nitrogens is 2. The van der Waals surface area contributed by atoms with Crippen molar-refractivity contribution in [3.05, 3.63) is 108 Å². The number of fused-ring (bicyclic) bond motifs is 1. The lowest BCUT2D eigenvalue weighted by Crippen LogP contribution is -2.31. The Hall–Kier alpha value is -3.53. The average molecular weight is 393 g/mol. The van der Waals surface area contributed by atoms with Crippen LogP contribution in [0.15, 0.2) is 85.2 Å². The van der Waals surface area contributed by atoms with E-state index in [0.717, 1.165) is 42.4 Å². The molecule has 2 aromatic heterocycles. The molecular weight excluding hydrogens is 370 g/mol. The van der Waals surface area contributed by atoms with Crippen molar-refractivity contribution in [3.63, 3.8) is 0 Å². The molecule has 1 amide bonds. The largest absolute Gasteiger partial charge is 0.330 e. The van der Waals surface area contributed by atoms with E-state index in [1.54, 1.807) is 6.20 Å². The van der Waals surface area contributed by atoms with Gasteiger partial charge in [-0.3, -0.25) is 14.8 Å². The predicted octanol–water partition coefficient (Wildman–Crippen LogP) is 5.20. The molecule has 0 N–H and O–H groups in total. The van der Waals surface area contributed by atoms with Crippen LogP contribution in [0.4, 0.5) is 0 Å². The molecule has 1 aliphatic heterocycles. The Bertz CT molecular complexity index is 1170. The van der Waals surface area contributed by atoms with Crippen molar-refractivity contribution in [1.82, 2.24) is 14.9 Å². The molecule has 1 fully saturated rings. The standard InChI is InChI=1S/C26H23N3O/c30-26(22-11-4-9-21-10-5-15-27-25(21)22)29-16-6-12-24(29)23-14-13-20(18-28-23)17-19-7-2-1-3-8-19/h1-5,7-11,13-15,18,24H,6,12,16-17H2/t24-/m1/s1. The maximum Gasteiger partial charge on any atom is 0.256 e. The number of hydrogen-bond donors (Lipinski definition) is 0. The highest BCUT2D eigenvalue weighted by molar-refractivity contribution is 6.05. The summed E-state index contributed by atoms with van der Waals surface area (Å²) in [4.78, 5) is 24.6. The zero-order valence-electron chi connectivity index (χ0n) is 16.7. The van der Waals surface area contributed by atoms with Crippen molar-refractivity contribution in [2.45, 2.75) is 25.3 Å². The van der Waals surface area contributed by atoms with E-state index in [1.165, 1.54) is 11.1 Å². The monoisotopic (exact) mass is 393 g/mol. The van der Waals surface area contributed by atoms with Gasteiger partial charge in [-0.15, -0.1) is 0 Å². The minimum Gasteiger partial charge on any atom is -0.330 e. The molecule has 1 aliphatic rings. The number of hydrogen-bond acceptors (Lipinski definition) is 3. The molecule has 1 saturated heterocycles. The summed E-state index contributed by atoms with van der Waals surface area (Å²) in [7, 11) is 0. The number of para-hydroxylation sites is 1. The van der Waals surface area contributed by atoms with Gasteiger partial charge in [0.25, 0.3) is 5.91 Å². The quantitative estimate of drug-likeness (QED) is 0.479. The van der Waals surface area contributed by atoms with E-state index >= 15 is 0 Å². The summed E-state index contributed by atoms with van der Waals surface area (Å²) in [5, 5.41) is 0.988. The number of carbonyl (C=O) groups excluding carboxylic acids is 1. The first-order chi connectivity index (χ1) is 14.8. The second-order valence-corrected chi connectivity index (χ2v) is 7.79. The molecule has 4 aromatic rings. The molecule has 4 heteroatoms. The topological polar surface area (TPSA) is 46.1 Å². The van der Waals surface area contributed by atoms with Crippen LogP contribution in [0.3, 0.4) is 0 Å². The van der Waals surface area contributed by atoms with Gasteiger partial charge in [-0.05, 0) is 48.6 Å². The fourth-order valence-corrected chi connectivity index (χ4v) is 4.32. The van der Waals surface area contributed by atoms with Gasteiger partial charge in [-0.1, -0.05) is 54.6 Å². The summed E-state index contributed by atoms with van der Waals surface area (Å²) in [6, 6.07) is 24.3. The van der Waals surface area contributed by atoms with E-state index in [0.29, 0.717) is 5.56 Å². The van der Waals surface area contributed by atoms with Crippen LogP contribution in [-0.2, 0) is 6.42 Å². The third-order valence-corrected chi connectivity index (χ3v) is 5.82. The number of pyridine rings is 2. The van der Waals surface area contributed by atoms with Gasteiger partial charge in [0, 0.05) is 24.3 Å². The second kappa shape index (κ2) is 8.07. The minimum absolute atomic E-state index is 0.0160. The van der Waals surface area contributed by atoms with Crippen LogP contribution in [0.25, 0.3) is 10.9 Å². The van der Waals surface area contributed by atoms with E-state index in [4.69, 9.17) is 4.98 Å². The minimum atomic E-state index is 0.0160. The van der Waals surface area contributed by atoms with E-state index in [2.05, 4.69) is 41.4 Å².